The highest BCUT2D eigenvalue weighted by atomic mass is 16.2. The zero-order chi connectivity index (χ0) is 18.1. The molecule has 0 bridgehead atoms. The van der Waals surface area contributed by atoms with E-state index in [1.54, 1.807) is 0 Å². The van der Waals surface area contributed by atoms with Crippen LogP contribution in [0.1, 0.15) is 44.2 Å². The molecule has 4 nitrogen and oxygen atoms in total. The van der Waals surface area contributed by atoms with Crippen LogP contribution in [0.4, 0.5) is 0 Å². The molecule has 1 saturated carbocycles. The molecule has 1 heterocycles. The molecule has 136 valence electrons. The van der Waals surface area contributed by atoms with Crippen LogP contribution in [0.3, 0.4) is 0 Å². The van der Waals surface area contributed by atoms with Crippen LogP contribution >= 0.6 is 0 Å². The van der Waals surface area contributed by atoms with Gasteiger partial charge in [0, 0.05) is 24.9 Å². The number of fused-ring (bicyclic) bond motifs is 1. The number of rotatable bonds is 4. The lowest BCUT2D eigenvalue weighted by atomic mass is 9.94. The molecule has 1 atom stereocenters. The molecule has 0 spiro atoms. The van der Waals surface area contributed by atoms with Crippen LogP contribution in [0.25, 0.3) is 10.8 Å². The lowest BCUT2D eigenvalue weighted by Gasteiger charge is -2.32. The van der Waals surface area contributed by atoms with Crippen molar-refractivity contribution in [3.63, 3.8) is 0 Å². The van der Waals surface area contributed by atoms with Crippen molar-refractivity contribution in [2.75, 3.05) is 13.1 Å². The first-order valence-corrected chi connectivity index (χ1v) is 9.69. The van der Waals surface area contributed by atoms with E-state index in [0.29, 0.717) is 5.91 Å². The van der Waals surface area contributed by atoms with Crippen LogP contribution in [-0.2, 0) is 9.59 Å². The first-order chi connectivity index (χ1) is 12.6. The molecule has 1 N–H and O–H groups in total. The molecule has 4 rings (SSSR count). The maximum atomic E-state index is 12.7. The van der Waals surface area contributed by atoms with Crippen molar-refractivity contribution in [3.8, 4) is 0 Å². The summed E-state index contributed by atoms with van der Waals surface area (Å²) in [5, 5.41) is 5.57. The number of hydrogen-bond acceptors (Lipinski definition) is 2. The predicted molar refractivity (Wildman–Crippen MR) is 103 cm³/mol. The van der Waals surface area contributed by atoms with E-state index in [2.05, 4.69) is 35.6 Å². The van der Waals surface area contributed by atoms with Crippen molar-refractivity contribution in [1.82, 2.24) is 10.2 Å². The number of benzene rings is 2. The quantitative estimate of drug-likeness (QED) is 0.915. The Balaban J connectivity index is 1.34. The molecule has 26 heavy (non-hydrogen) atoms. The van der Waals surface area contributed by atoms with Gasteiger partial charge in [0.15, 0.2) is 0 Å². The van der Waals surface area contributed by atoms with E-state index in [4.69, 9.17) is 0 Å². The van der Waals surface area contributed by atoms with Crippen LogP contribution in [0.2, 0.25) is 0 Å². The Labute approximate surface area is 154 Å². The number of nitrogens with one attached hydrogen (secondary N) is 1. The van der Waals surface area contributed by atoms with Crippen LogP contribution < -0.4 is 5.32 Å². The van der Waals surface area contributed by atoms with E-state index in [1.807, 2.05) is 24.0 Å². The highest BCUT2D eigenvalue weighted by molar-refractivity contribution is 5.84. The number of carbonyl (C=O) groups is 2. The van der Waals surface area contributed by atoms with Crippen LogP contribution in [0.5, 0.6) is 0 Å². The minimum Gasteiger partial charge on any atom is -0.349 e. The summed E-state index contributed by atoms with van der Waals surface area (Å²) < 4.78 is 0. The second-order valence-electron chi connectivity index (χ2n) is 7.71. The zero-order valence-electron chi connectivity index (χ0n) is 15.3. The maximum Gasteiger partial charge on any atom is 0.225 e. The van der Waals surface area contributed by atoms with Gasteiger partial charge in [0.05, 0.1) is 6.04 Å². The number of nitrogens with zero attached hydrogens (tertiary/aromatic N) is 1. The summed E-state index contributed by atoms with van der Waals surface area (Å²) in [7, 11) is 0. The van der Waals surface area contributed by atoms with Crippen LogP contribution in [0.15, 0.2) is 42.5 Å². The fourth-order valence-corrected chi connectivity index (χ4v) is 3.84. The van der Waals surface area contributed by atoms with E-state index < -0.39 is 0 Å². The average Bonchev–Trinajstić information content (AvgIpc) is 3.52. The second-order valence-corrected chi connectivity index (χ2v) is 7.71. The zero-order valence-corrected chi connectivity index (χ0v) is 15.3. The molecular weight excluding hydrogens is 324 g/mol. The SMILES string of the molecule is CC(NC(=O)C1CCN(C(=O)C2CC2)CC1)c1ccc2ccccc2c1. The van der Waals surface area contributed by atoms with Gasteiger partial charge in [0.1, 0.15) is 0 Å². The van der Waals surface area contributed by atoms with Crippen molar-refractivity contribution in [2.45, 2.75) is 38.6 Å². The average molecular weight is 350 g/mol. The summed E-state index contributed by atoms with van der Waals surface area (Å²) in [6.45, 7) is 3.48. The first kappa shape index (κ1) is 17.1. The van der Waals surface area contributed by atoms with Crippen LogP contribution in [0, 0.1) is 11.8 Å². The first-order valence-electron chi connectivity index (χ1n) is 9.69. The summed E-state index contributed by atoms with van der Waals surface area (Å²) in [5.74, 6) is 0.701. The van der Waals surface area contributed by atoms with Gasteiger partial charge >= 0.3 is 0 Å². The molecule has 1 aliphatic heterocycles. The minimum absolute atomic E-state index is 0.0150. The van der Waals surface area contributed by atoms with Crippen LogP contribution in [-0.4, -0.2) is 29.8 Å². The van der Waals surface area contributed by atoms with Gasteiger partial charge in [0.25, 0.3) is 0 Å². The molecule has 4 heteroatoms. The normalized spacial score (nSPS) is 19.3. The molecule has 1 unspecified atom stereocenters. The van der Waals surface area contributed by atoms with Crippen molar-refractivity contribution in [2.24, 2.45) is 11.8 Å². The molecule has 1 saturated heterocycles. The molecule has 2 aliphatic rings. The van der Waals surface area contributed by atoms with E-state index >= 15 is 0 Å². The number of piperidine rings is 1. The summed E-state index contributed by atoms with van der Waals surface area (Å²) in [6, 6.07) is 14.6. The maximum absolute atomic E-state index is 12.7. The lowest BCUT2D eigenvalue weighted by molar-refractivity contribution is -0.136. The molecule has 0 radical (unpaired) electrons. The van der Waals surface area contributed by atoms with Gasteiger partial charge < -0.3 is 10.2 Å². The van der Waals surface area contributed by atoms with Crippen molar-refractivity contribution < 1.29 is 9.59 Å². The molecule has 0 aromatic heterocycles. The lowest BCUT2D eigenvalue weighted by Crippen LogP contribution is -2.44. The summed E-state index contributed by atoms with van der Waals surface area (Å²) in [6.07, 6.45) is 3.63. The second kappa shape index (κ2) is 7.10. The van der Waals surface area contributed by atoms with Gasteiger partial charge in [-0.15, -0.1) is 0 Å². The van der Waals surface area contributed by atoms with Gasteiger partial charge in [-0.05, 0) is 55.0 Å². The number of amides is 2. The van der Waals surface area contributed by atoms with Gasteiger partial charge in [-0.1, -0.05) is 36.4 Å². The highest BCUT2D eigenvalue weighted by Gasteiger charge is 2.36. The van der Waals surface area contributed by atoms with E-state index in [1.165, 1.54) is 10.8 Å². The predicted octanol–water partition coefficient (Wildman–Crippen LogP) is 3.67. The highest BCUT2D eigenvalue weighted by Crippen LogP contribution is 2.32. The monoisotopic (exact) mass is 350 g/mol. The van der Waals surface area contributed by atoms with Gasteiger partial charge in [-0.3, -0.25) is 9.59 Å². The molecule has 2 fully saturated rings. The Morgan fingerprint density at radius 2 is 1.65 bits per heavy atom. The van der Waals surface area contributed by atoms with Crippen molar-refractivity contribution in [3.05, 3.63) is 48.0 Å². The molecule has 2 aromatic carbocycles. The van der Waals surface area contributed by atoms with Gasteiger partial charge in [-0.2, -0.15) is 0 Å². The number of carbonyl (C=O) groups excluding carboxylic acids is 2. The molecule has 2 aromatic rings. The van der Waals surface area contributed by atoms with Crippen molar-refractivity contribution >= 4 is 22.6 Å². The number of likely N-dealkylation sites (tertiary alicyclic amines) is 1. The Kier molecular flexibility index (Phi) is 4.66. The largest absolute Gasteiger partial charge is 0.349 e. The third-order valence-electron chi connectivity index (χ3n) is 5.74. The van der Waals surface area contributed by atoms with Gasteiger partial charge in [0.2, 0.25) is 11.8 Å². The standard InChI is InChI=1S/C22H26N2O2/c1-15(19-9-6-16-4-2-3-5-20(16)14-19)23-21(25)17-10-12-24(13-11-17)22(26)18-7-8-18/h2-6,9,14-15,17-18H,7-8,10-13H2,1H3,(H,23,25). The Hall–Kier alpha value is -2.36. The molecule has 1 aliphatic carbocycles. The third-order valence-corrected chi connectivity index (χ3v) is 5.74. The Morgan fingerprint density at radius 3 is 2.35 bits per heavy atom. The van der Waals surface area contributed by atoms with Gasteiger partial charge in [-0.25, -0.2) is 0 Å². The fraction of sp³-hybridized carbons (Fsp3) is 0.455. The fourth-order valence-electron chi connectivity index (χ4n) is 3.84. The van der Waals surface area contributed by atoms with Crippen molar-refractivity contribution in [1.29, 1.82) is 0 Å². The minimum atomic E-state index is -0.0155. The van der Waals surface area contributed by atoms with E-state index in [0.717, 1.165) is 44.3 Å². The molecular formula is C22H26N2O2. The summed E-state index contributed by atoms with van der Waals surface area (Å²) >= 11 is 0. The van der Waals surface area contributed by atoms with E-state index in [9.17, 15) is 9.59 Å². The topological polar surface area (TPSA) is 49.4 Å². The summed E-state index contributed by atoms with van der Waals surface area (Å²) in [5.41, 5.74) is 1.12. The Bertz CT molecular complexity index is 820. The third kappa shape index (κ3) is 3.59. The molecule has 2 amide bonds. The summed E-state index contributed by atoms with van der Waals surface area (Å²) in [4.78, 5) is 26.7. The van der Waals surface area contributed by atoms with E-state index in [-0.39, 0.29) is 23.8 Å². The Morgan fingerprint density at radius 1 is 0.962 bits per heavy atom. The number of hydrogen-bond donors (Lipinski definition) is 1. The smallest absolute Gasteiger partial charge is 0.225 e.